The first-order chi connectivity index (χ1) is 11.6. The third-order valence-corrected chi connectivity index (χ3v) is 5.40. The summed E-state index contributed by atoms with van der Waals surface area (Å²) in [7, 11) is 0. The Morgan fingerprint density at radius 3 is 2.88 bits per heavy atom. The number of benzene rings is 1. The van der Waals surface area contributed by atoms with Gasteiger partial charge in [0.25, 0.3) is 0 Å². The van der Waals surface area contributed by atoms with E-state index >= 15 is 0 Å². The summed E-state index contributed by atoms with van der Waals surface area (Å²) in [6, 6.07) is 7.85. The van der Waals surface area contributed by atoms with Crippen molar-refractivity contribution in [1.82, 2.24) is 4.90 Å². The lowest BCUT2D eigenvalue weighted by molar-refractivity contribution is -0.139. The fraction of sp³-hybridized carbons (Fsp3) is 0.333. The maximum absolute atomic E-state index is 12.6. The zero-order valence-electron chi connectivity index (χ0n) is 13.9. The molecule has 0 radical (unpaired) electrons. The molecule has 126 valence electrons. The number of carbonyl (C=O) groups is 1. The fourth-order valence-corrected chi connectivity index (χ4v) is 4.42. The fourth-order valence-electron chi connectivity index (χ4n) is 2.96. The van der Waals surface area contributed by atoms with Crippen molar-refractivity contribution in [3.63, 3.8) is 0 Å². The van der Waals surface area contributed by atoms with Crippen molar-refractivity contribution < 1.29 is 9.53 Å². The van der Waals surface area contributed by atoms with E-state index in [2.05, 4.69) is 44.2 Å². The van der Waals surface area contributed by atoms with E-state index in [1.165, 1.54) is 0 Å². The molecule has 2 heterocycles. The standard InChI is InChI=1S/C18H19BrN2O2S/c1-4-14-10-24-18-20-11(3)15(17(22)23-5-2)16(21(14)18)12-7-6-8-13(19)9-12/h6-10,16H,4-5H2,1-3H3/t16-/m0/s1. The second kappa shape index (κ2) is 7.15. The maximum atomic E-state index is 12.6. The van der Waals surface area contributed by atoms with Crippen molar-refractivity contribution in [2.45, 2.75) is 33.2 Å². The molecule has 0 saturated carbocycles. The number of hydrogen-bond donors (Lipinski definition) is 0. The predicted molar refractivity (Wildman–Crippen MR) is 101 cm³/mol. The maximum Gasteiger partial charge on any atom is 0.338 e. The molecule has 2 aliphatic rings. The largest absolute Gasteiger partial charge is 0.463 e. The second-order valence-electron chi connectivity index (χ2n) is 5.52. The number of ether oxygens (including phenoxy) is 1. The number of hydrogen-bond acceptors (Lipinski definition) is 5. The molecule has 1 aromatic rings. The molecular weight excluding hydrogens is 388 g/mol. The number of amidine groups is 1. The molecule has 0 spiro atoms. The van der Waals surface area contributed by atoms with Gasteiger partial charge in [-0.3, -0.25) is 0 Å². The molecule has 6 heteroatoms. The summed E-state index contributed by atoms with van der Waals surface area (Å²) >= 11 is 5.14. The van der Waals surface area contributed by atoms with Gasteiger partial charge in [-0.05, 0) is 43.4 Å². The highest BCUT2D eigenvalue weighted by molar-refractivity contribution is 9.10. The third-order valence-electron chi connectivity index (χ3n) is 4.02. The van der Waals surface area contributed by atoms with E-state index < -0.39 is 0 Å². The number of aliphatic imine (C=N–C) groups is 1. The lowest BCUT2D eigenvalue weighted by atomic mass is 9.94. The van der Waals surface area contributed by atoms with Crippen LogP contribution < -0.4 is 0 Å². The first-order valence-electron chi connectivity index (χ1n) is 7.93. The van der Waals surface area contributed by atoms with Gasteiger partial charge in [0, 0.05) is 10.2 Å². The summed E-state index contributed by atoms with van der Waals surface area (Å²) in [6.45, 7) is 6.17. The summed E-state index contributed by atoms with van der Waals surface area (Å²) < 4.78 is 6.31. The summed E-state index contributed by atoms with van der Waals surface area (Å²) in [5.74, 6) is -0.296. The summed E-state index contributed by atoms with van der Waals surface area (Å²) in [4.78, 5) is 19.5. The van der Waals surface area contributed by atoms with Gasteiger partial charge in [0.05, 0.1) is 23.9 Å². The molecule has 0 N–H and O–H groups in total. The summed E-state index contributed by atoms with van der Waals surface area (Å²) in [5, 5.41) is 3.04. The number of halogens is 1. The molecule has 0 saturated heterocycles. The van der Waals surface area contributed by atoms with Gasteiger partial charge in [-0.15, -0.1) is 0 Å². The zero-order valence-corrected chi connectivity index (χ0v) is 16.3. The number of fused-ring (bicyclic) bond motifs is 1. The lowest BCUT2D eigenvalue weighted by Gasteiger charge is -2.36. The second-order valence-corrected chi connectivity index (χ2v) is 7.27. The number of allylic oxidation sites excluding steroid dienone is 2. The van der Waals surface area contributed by atoms with Gasteiger partial charge in [-0.25, -0.2) is 9.79 Å². The molecule has 0 bridgehead atoms. The van der Waals surface area contributed by atoms with Crippen molar-refractivity contribution in [1.29, 1.82) is 0 Å². The van der Waals surface area contributed by atoms with Crippen molar-refractivity contribution in [3.8, 4) is 0 Å². The van der Waals surface area contributed by atoms with Crippen LogP contribution in [0, 0.1) is 0 Å². The van der Waals surface area contributed by atoms with E-state index in [1.807, 2.05) is 32.0 Å². The molecule has 0 amide bonds. The molecule has 1 aromatic carbocycles. The van der Waals surface area contributed by atoms with Crippen LogP contribution in [0.1, 0.15) is 38.8 Å². The van der Waals surface area contributed by atoms with Gasteiger partial charge >= 0.3 is 5.97 Å². The van der Waals surface area contributed by atoms with Gasteiger partial charge in [0.15, 0.2) is 5.17 Å². The van der Waals surface area contributed by atoms with Gasteiger partial charge in [-0.2, -0.15) is 0 Å². The van der Waals surface area contributed by atoms with E-state index in [4.69, 9.17) is 4.74 Å². The summed E-state index contributed by atoms with van der Waals surface area (Å²) in [6.07, 6.45) is 0.881. The van der Waals surface area contributed by atoms with E-state index in [9.17, 15) is 4.79 Å². The molecule has 4 nitrogen and oxygen atoms in total. The average Bonchev–Trinajstić information content (AvgIpc) is 2.96. The summed E-state index contributed by atoms with van der Waals surface area (Å²) in [5.41, 5.74) is 3.54. The zero-order chi connectivity index (χ0) is 17.3. The quantitative estimate of drug-likeness (QED) is 0.659. The average molecular weight is 407 g/mol. The molecule has 3 rings (SSSR count). The Labute approximate surface area is 154 Å². The normalized spacial score (nSPS) is 19.8. The Morgan fingerprint density at radius 1 is 1.42 bits per heavy atom. The Balaban J connectivity index is 2.15. The molecule has 2 aliphatic heterocycles. The lowest BCUT2D eigenvalue weighted by Crippen LogP contribution is -2.36. The van der Waals surface area contributed by atoms with Crippen LogP contribution in [0.15, 0.2) is 56.1 Å². The predicted octanol–water partition coefficient (Wildman–Crippen LogP) is 5.00. The van der Waals surface area contributed by atoms with Crippen LogP contribution in [0.2, 0.25) is 0 Å². The number of thioether (sulfide) groups is 1. The van der Waals surface area contributed by atoms with E-state index in [0.717, 1.165) is 33.0 Å². The molecule has 0 unspecified atom stereocenters. The Kier molecular flexibility index (Phi) is 5.15. The first-order valence-corrected chi connectivity index (χ1v) is 9.61. The van der Waals surface area contributed by atoms with E-state index in [0.29, 0.717) is 12.2 Å². The van der Waals surface area contributed by atoms with Crippen molar-refractivity contribution in [3.05, 3.63) is 56.7 Å². The van der Waals surface area contributed by atoms with Crippen molar-refractivity contribution >= 4 is 38.8 Å². The van der Waals surface area contributed by atoms with Gasteiger partial charge in [0.2, 0.25) is 0 Å². The third kappa shape index (κ3) is 3.05. The molecule has 1 atom stereocenters. The van der Waals surface area contributed by atoms with E-state index in [1.54, 1.807) is 11.8 Å². The Bertz CT molecular complexity index is 770. The van der Waals surface area contributed by atoms with Gasteiger partial charge in [0.1, 0.15) is 0 Å². The Morgan fingerprint density at radius 2 is 2.21 bits per heavy atom. The number of nitrogens with zero attached hydrogens (tertiary/aromatic N) is 2. The van der Waals surface area contributed by atoms with Crippen LogP contribution >= 0.6 is 27.7 Å². The number of carbonyl (C=O) groups excluding carboxylic acids is 1. The van der Waals surface area contributed by atoms with Crippen LogP contribution in [0.5, 0.6) is 0 Å². The number of rotatable bonds is 4. The first kappa shape index (κ1) is 17.3. The van der Waals surface area contributed by atoms with Gasteiger partial charge < -0.3 is 9.64 Å². The van der Waals surface area contributed by atoms with Crippen LogP contribution in [0.25, 0.3) is 0 Å². The Hall–Kier alpha value is -1.53. The number of esters is 1. The smallest absolute Gasteiger partial charge is 0.338 e. The molecule has 0 fully saturated rings. The van der Waals surface area contributed by atoms with Crippen LogP contribution in [0.3, 0.4) is 0 Å². The molecule has 0 aliphatic carbocycles. The van der Waals surface area contributed by atoms with Crippen molar-refractivity contribution in [2.75, 3.05) is 6.61 Å². The minimum atomic E-state index is -0.296. The molecule has 24 heavy (non-hydrogen) atoms. The van der Waals surface area contributed by atoms with Crippen LogP contribution in [-0.4, -0.2) is 22.6 Å². The van der Waals surface area contributed by atoms with Crippen LogP contribution in [-0.2, 0) is 9.53 Å². The van der Waals surface area contributed by atoms with E-state index in [-0.39, 0.29) is 12.0 Å². The van der Waals surface area contributed by atoms with Crippen molar-refractivity contribution in [2.24, 2.45) is 4.99 Å². The minimum absolute atomic E-state index is 0.213. The van der Waals surface area contributed by atoms with Gasteiger partial charge in [-0.1, -0.05) is 46.7 Å². The highest BCUT2D eigenvalue weighted by Gasteiger charge is 2.40. The highest BCUT2D eigenvalue weighted by atomic mass is 79.9. The highest BCUT2D eigenvalue weighted by Crippen LogP contribution is 2.44. The van der Waals surface area contributed by atoms with Crippen LogP contribution in [0.4, 0.5) is 0 Å². The SMILES string of the molecule is CCOC(=O)C1=C(C)N=C2SC=C(CC)N2[C@H]1c1cccc(Br)c1. The topological polar surface area (TPSA) is 41.9 Å². The monoisotopic (exact) mass is 406 g/mol. The minimum Gasteiger partial charge on any atom is -0.463 e. The molecular formula is C18H19BrN2O2S. The molecule has 0 aromatic heterocycles.